The van der Waals surface area contributed by atoms with E-state index in [0.717, 1.165) is 36.4 Å². The Hall–Kier alpha value is -3.70. The molecule has 0 fully saturated rings. The molecule has 0 aliphatic rings. The summed E-state index contributed by atoms with van der Waals surface area (Å²) < 4.78 is 39.9. The summed E-state index contributed by atoms with van der Waals surface area (Å²) in [6.07, 6.45) is -4.87. The van der Waals surface area contributed by atoms with Crippen LogP contribution in [0.15, 0.2) is 42.5 Å². The molecular formula is C14H8F3N3O6. The number of alkyl halides is 3. The highest BCUT2D eigenvalue weighted by Gasteiger charge is 2.31. The first-order valence-corrected chi connectivity index (χ1v) is 6.66. The molecule has 0 spiro atoms. The average molecular weight is 371 g/mol. The molecule has 9 nitrogen and oxygen atoms in total. The van der Waals surface area contributed by atoms with Crippen molar-refractivity contribution in [3.05, 3.63) is 68.3 Å². The lowest BCUT2D eigenvalue weighted by Gasteiger charge is -2.10. The SMILES string of the molecule is O=C(Nc1ccc(OC(F)(F)F)cc1)c1cc([N+](=O)[O-])cc([N+](=O)[O-])c1. The Kier molecular flexibility index (Phi) is 5.05. The highest BCUT2D eigenvalue weighted by atomic mass is 19.4. The van der Waals surface area contributed by atoms with E-state index in [1.54, 1.807) is 0 Å². The van der Waals surface area contributed by atoms with Gasteiger partial charge in [0.15, 0.2) is 0 Å². The number of carbonyl (C=O) groups is 1. The number of rotatable bonds is 5. The third kappa shape index (κ3) is 4.90. The van der Waals surface area contributed by atoms with Crippen LogP contribution in [0.3, 0.4) is 0 Å². The smallest absolute Gasteiger partial charge is 0.406 e. The number of ether oxygens (including phenoxy) is 1. The first kappa shape index (κ1) is 18.6. The molecular weight excluding hydrogens is 363 g/mol. The van der Waals surface area contributed by atoms with Gasteiger partial charge in [0, 0.05) is 17.8 Å². The van der Waals surface area contributed by atoms with Gasteiger partial charge in [-0.15, -0.1) is 13.2 Å². The fourth-order valence-electron chi connectivity index (χ4n) is 1.88. The normalized spacial score (nSPS) is 10.9. The second kappa shape index (κ2) is 7.04. The van der Waals surface area contributed by atoms with Gasteiger partial charge in [0.25, 0.3) is 17.3 Å². The van der Waals surface area contributed by atoms with Gasteiger partial charge in [0.05, 0.1) is 21.5 Å². The van der Waals surface area contributed by atoms with Gasteiger partial charge in [0.1, 0.15) is 5.75 Å². The van der Waals surface area contributed by atoms with Gasteiger partial charge in [-0.3, -0.25) is 25.0 Å². The first-order valence-electron chi connectivity index (χ1n) is 6.66. The first-order chi connectivity index (χ1) is 12.0. The van der Waals surface area contributed by atoms with Crippen molar-refractivity contribution in [1.29, 1.82) is 0 Å². The summed E-state index contributed by atoms with van der Waals surface area (Å²) in [5, 5.41) is 23.9. The minimum atomic E-state index is -4.87. The number of benzene rings is 2. The van der Waals surface area contributed by atoms with E-state index in [4.69, 9.17) is 0 Å². The molecule has 1 N–H and O–H groups in total. The van der Waals surface area contributed by atoms with Crippen molar-refractivity contribution in [3.63, 3.8) is 0 Å². The number of halogens is 3. The molecule has 12 heteroatoms. The van der Waals surface area contributed by atoms with Crippen molar-refractivity contribution in [2.75, 3.05) is 5.32 Å². The predicted molar refractivity (Wildman–Crippen MR) is 80.8 cm³/mol. The molecule has 2 rings (SSSR count). The van der Waals surface area contributed by atoms with Crippen LogP contribution in [0, 0.1) is 20.2 Å². The van der Waals surface area contributed by atoms with Crippen molar-refractivity contribution in [2.45, 2.75) is 6.36 Å². The number of nitrogens with zero attached hydrogens (tertiary/aromatic N) is 2. The molecule has 0 saturated carbocycles. The molecule has 0 atom stereocenters. The average Bonchev–Trinajstić information content (AvgIpc) is 2.54. The Balaban J connectivity index is 2.22. The maximum atomic E-state index is 12.1. The molecule has 26 heavy (non-hydrogen) atoms. The lowest BCUT2D eigenvalue weighted by atomic mass is 10.1. The van der Waals surface area contributed by atoms with E-state index in [2.05, 4.69) is 10.1 Å². The number of non-ortho nitro benzene ring substituents is 2. The molecule has 0 heterocycles. The van der Waals surface area contributed by atoms with Crippen LogP contribution in [0.4, 0.5) is 30.2 Å². The third-order valence-electron chi connectivity index (χ3n) is 2.93. The van der Waals surface area contributed by atoms with E-state index in [-0.39, 0.29) is 11.3 Å². The summed E-state index contributed by atoms with van der Waals surface area (Å²) in [4.78, 5) is 31.9. The predicted octanol–water partition coefficient (Wildman–Crippen LogP) is 3.65. The van der Waals surface area contributed by atoms with Gasteiger partial charge >= 0.3 is 6.36 Å². The zero-order valence-corrected chi connectivity index (χ0v) is 12.5. The Morgan fingerprint density at radius 2 is 1.46 bits per heavy atom. The van der Waals surface area contributed by atoms with Gasteiger partial charge in [-0.1, -0.05) is 0 Å². The van der Waals surface area contributed by atoms with Crippen LogP contribution < -0.4 is 10.1 Å². The molecule has 0 bridgehead atoms. The topological polar surface area (TPSA) is 125 Å². The van der Waals surface area contributed by atoms with E-state index in [1.807, 2.05) is 0 Å². The van der Waals surface area contributed by atoms with Crippen LogP contribution in [-0.2, 0) is 0 Å². The number of amides is 1. The van der Waals surface area contributed by atoms with Gasteiger partial charge in [-0.25, -0.2) is 0 Å². The standard InChI is InChI=1S/C14H8F3N3O6/c15-14(16,17)26-12-3-1-9(2-4-12)18-13(21)8-5-10(19(22)23)7-11(6-8)20(24)25/h1-7H,(H,18,21). The summed E-state index contributed by atoms with van der Waals surface area (Å²) in [5.74, 6) is -1.43. The largest absolute Gasteiger partial charge is 0.573 e. The quantitative estimate of drug-likeness (QED) is 0.632. The zero-order chi connectivity index (χ0) is 19.5. The molecule has 2 aromatic carbocycles. The van der Waals surface area contributed by atoms with Crippen LogP contribution >= 0.6 is 0 Å². The van der Waals surface area contributed by atoms with Crippen molar-refractivity contribution >= 4 is 23.0 Å². The van der Waals surface area contributed by atoms with Crippen molar-refractivity contribution in [2.24, 2.45) is 0 Å². The summed E-state index contributed by atoms with van der Waals surface area (Å²) in [7, 11) is 0. The van der Waals surface area contributed by atoms with Crippen LogP contribution in [0.25, 0.3) is 0 Å². The second-order valence-electron chi connectivity index (χ2n) is 4.78. The van der Waals surface area contributed by atoms with Crippen molar-refractivity contribution in [1.82, 2.24) is 0 Å². The summed E-state index contributed by atoms with van der Waals surface area (Å²) in [5.41, 5.74) is -1.61. The summed E-state index contributed by atoms with van der Waals surface area (Å²) >= 11 is 0. The minimum absolute atomic E-state index is 0.0543. The Bertz CT molecular complexity index is 835. The maximum absolute atomic E-state index is 12.1. The van der Waals surface area contributed by atoms with Crippen LogP contribution in [0.2, 0.25) is 0 Å². The van der Waals surface area contributed by atoms with Gasteiger partial charge in [-0.05, 0) is 24.3 Å². The fraction of sp³-hybridized carbons (Fsp3) is 0.0714. The highest BCUT2D eigenvalue weighted by Crippen LogP contribution is 2.25. The molecule has 0 radical (unpaired) electrons. The Labute approximate surface area is 142 Å². The maximum Gasteiger partial charge on any atom is 0.573 e. The molecule has 0 aliphatic carbocycles. The molecule has 0 aliphatic heterocycles. The number of nitrogens with one attached hydrogen (secondary N) is 1. The number of anilines is 1. The molecule has 0 saturated heterocycles. The van der Waals surface area contributed by atoms with E-state index < -0.39 is 39.2 Å². The highest BCUT2D eigenvalue weighted by molar-refractivity contribution is 6.05. The summed E-state index contributed by atoms with van der Waals surface area (Å²) in [6, 6.07) is 6.46. The van der Waals surface area contributed by atoms with Gasteiger partial charge in [-0.2, -0.15) is 0 Å². The van der Waals surface area contributed by atoms with Crippen LogP contribution in [0.5, 0.6) is 5.75 Å². The fourth-order valence-corrected chi connectivity index (χ4v) is 1.88. The molecule has 2 aromatic rings. The molecule has 0 aromatic heterocycles. The zero-order valence-electron chi connectivity index (χ0n) is 12.5. The number of hydrogen-bond donors (Lipinski definition) is 1. The van der Waals surface area contributed by atoms with Crippen molar-refractivity contribution in [3.8, 4) is 5.75 Å². The lowest BCUT2D eigenvalue weighted by Crippen LogP contribution is -2.17. The number of nitro groups is 2. The number of nitro benzene ring substituents is 2. The van der Waals surface area contributed by atoms with Crippen LogP contribution in [0.1, 0.15) is 10.4 Å². The third-order valence-corrected chi connectivity index (χ3v) is 2.93. The van der Waals surface area contributed by atoms with Gasteiger partial charge < -0.3 is 10.1 Å². The molecule has 1 amide bonds. The van der Waals surface area contributed by atoms with E-state index in [1.165, 1.54) is 0 Å². The molecule has 136 valence electrons. The Morgan fingerprint density at radius 1 is 0.962 bits per heavy atom. The van der Waals surface area contributed by atoms with E-state index in [9.17, 15) is 38.2 Å². The van der Waals surface area contributed by atoms with Crippen molar-refractivity contribution < 1.29 is 32.5 Å². The lowest BCUT2D eigenvalue weighted by molar-refractivity contribution is -0.394. The monoisotopic (exact) mass is 371 g/mol. The van der Waals surface area contributed by atoms with Crippen LogP contribution in [-0.4, -0.2) is 22.1 Å². The second-order valence-corrected chi connectivity index (χ2v) is 4.78. The minimum Gasteiger partial charge on any atom is -0.406 e. The van der Waals surface area contributed by atoms with E-state index in [0.29, 0.717) is 6.07 Å². The van der Waals surface area contributed by atoms with Gasteiger partial charge in [0.2, 0.25) is 0 Å². The number of hydrogen-bond acceptors (Lipinski definition) is 6. The molecule has 0 unspecified atom stereocenters. The van der Waals surface area contributed by atoms with E-state index >= 15 is 0 Å². The summed E-state index contributed by atoms with van der Waals surface area (Å²) in [6.45, 7) is 0. The Morgan fingerprint density at radius 3 is 1.88 bits per heavy atom. The number of carbonyl (C=O) groups excluding carboxylic acids is 1.